The summed E-state index contributed by atoms with van der Waals surface area (Å²) in [6.07, 6.45) is 6.73. The van der Waals surface area contributed by atoms with Gasteiger partial charge in [0.25, 0.3) is 0 Å². The van der Waals surface area contributed by atoms with E-state index in [4.69, 9.17) is 4.74 Å². The predicted molar refractivity (Wildman–Crippen MR) is 103 cm³/mol. The number of ether oxygens (including phenoxy) is 1. The fourth-order valence-electron chi connectivity index (χ4n) is 3.91. The van der Waals surface area contributed by atoms with E-state index in [2.05, 4.69) is 14.8 Å². The van der Waals surface area contributed by atoms with E-state index in [1.54, 1.807) is 12.4 Å². The Labute approximate surface area is 161 Å². The van der Waals surface area contributed by atoms with Crippen LogP contribution >= 0.6 is 0 Å². The maximum Gasteiger partial charge on any atom is 0.305 e. The first kappa shape index (κ1) is 19.6. The lowest BCUT2D eigenvalue weighted by Crippen LogP contribution is -2.49. The molecular weight excluding hydrogens is 344 g/mol. The van der Waals surface area contributed by atoms with Gasteiger partial charge in [0.2, 0.25) is 5.91 Å². The summed E-state index contributed by atoms with van der Waals surface area (Å²) in [5, 5.41) is 0. The largest absolute Gasteiger partial charge is 0.469 e. The van der Waals surface area contributed by atoms with E-state index in [0.29, 0.717) is 18.8 Å². The van der Waals surface area contributed by atoms with Crippen molar-refractivity contribution in [3.8, 4) is 0 Å². The quantitative estimate of drug-likeness (QED) is 0.701. The summed E-state index contributed by atoms with van der Waals surface area (Å²) in [6, 6.07) is 4.03. The fourth-order valence-corrected chi connectivity index (χ4v) is 3.91. The minimum Gasteiger partial charge on any atom is -0.469 e. The smallest absolute Gasteiger partial charge is 0.305 e. The average Bonchev–Trinajstić information content (AvgIpc) is 2.73. The van der Waals surface area contributed by atoms with Gasteiger partial charge in [0, 0.05) is 63.6 Å². The molecule has 0 unspecified atom stereocenters. The van der Waals surface area contributed by atoms with Crippen molar-refractivity contribution in [1.29, 1.82) is 0 Å². The van der Waals surface area contributed by atoms with Gasteiger partial charge in [0.05, 0.1) is 7.11 Å². The molecule has 0 aromatic carbocycles. The third-order valence-electron chi connectivity index (χ3n) is 5.69. The van der Waals surface area contributed by atoms with Gasteiger partial charge in [-0.25, -0.2) is 0 Å². The Morgan fingerprint density at radius 2 is 1.74 bits per heavy atom. The Kier molecular flexibility index (Phi) is 7.04. The first-order valence-electron chi connectivity index (χ1n) is 9.87. The van der Waals surface area contributed by atoms with E-state index < -0.39 is 0 Å². The molecule has 0 aliphatic carbocycles. The molecule has 7 heteroatoms. The van der Waals surface area contributed by atoms with E-state index in [1.807, 2.05) is 17.0 Å². The summed E-state index contributed by atoms with van der Waals surface area (Å²) in [7, 11) is 1.44. The van der Waals surface area contributed by atoms with Gasteiger partial charge in [-0.2, -0.15) is 0 Å². The zero-order valence-electron chi connectivity index (χ0n) is 16.2. The number of aromatic nitrogens is 1. The summed E-state index contributed by atoms with van der Waals surface area (Å²) in [5.74, 6) is 0.557. The van der Waals surface area contributed by atoms with Crippen LogP contribution in [0.2, 0.25) is 0 Å². The Bertz CT molecular complexity index is 609. The number of hydrogen-bond donors (Lipinski definition) is 0. The SMILES string of the molecule is COC(=O)CC1CCN(CCC(=O)N2CCN(c3ccncc3)CC2)CC1. The number of nitrogens with zero attached hydrogens (tertiary/aromatic N) is 4. The summed E-state index contributed by atoms with van der Waals surface area (Å²) in [6.45, 7) is 6.04. The number of piperazine rings is 1. The lowest BCUT2D eigenvalue weighted by atomic mass is 9.93. The highest BCUT2D eigenvalue weighted by Crippen LogP contribution is 2.21. The number of carbonyl (C=O) groups excluding carboxylic acids is 2. The Hall–Kier alpha value is -2.15. The number of rotatable bonds is 6. The Morgan fingerprint density at radius 3 is 2.37 bits per heavy atom. The van der Waals surface area contributed by atoms with Gasteiger partial charge < -0.3 is 19.4 Å². The molecule has 3 heterocycles. The number of likely N-dealkylation sites (tertiary alicyclic amines) is 1. The fraction of sp³-hybridized carbons (Fsp3) is 0.650. The molecule has 2 aliphatic heterocycles. The molecule has 27 heavy (non-hydrogen) atoms. The summed E-state index contributed by atoms with van der Waals surface area (Å²) >= 11 is 0. The van der Waals surface area contributed by atoms with Crippen LogP contribution in [0.25, 0.3) is 0 Å². The van der Waals surface area contributed by atoms with Gasteiger partial charge in [-0.05, 0) is 44.0 Å². The number of anilines is 1. The van der Waals surface area contributed by atoms with Crippen LogP contribution in [0, 0.1) is 5.92 Å². The first-order valence-corrected chi connectivity index (χ1v) is 9.87. The molecule has 0 spiro atoms. The van der Waals surface area contributed by atoms with Crippen LogP contribution in [-0.2, 0) is 14.3 Å². The third-order valence-corrected chi connectivity index (χ3v) is 5.69. The van der Waals surface area contributed by atoms with E-state index in [-0.39, 0.29) is 11.9 Å². The number of piperidine rings is 1. The minimum atomic E-state index is -0.116. The molecule has 2 aliphatic rings. The van der Waals surface area contributed by atoms with E-state index in [0.717, 1.165) is 58.7 Å². The van der Waals surface area contributed by atoms with Crippen molar-refractivity contribution in [1.82, 2.24) is 14.8 Å². The van der Waals surface area contributed by atoms with Crippen molar-refractivity contribution in [3.05, 3.63) is 24.5 Å². The predicted octanol–water partition coefficient (Wildman–Crippen LogP) is 1.40. The van der Waals surface area contributed by atoms with Crippen LogP contribution in [0.1, 0.15) is 25.7 Å². The van der Waals surface area contributed by atoms with Crippen LogP contribution in [0.5, 0.6) is 0 Å². The van der Waals surface area contributed by atoms with Crippen molar-refractivity contribution in [3.63, 3.8) is 0 Å². The second kappa shape index (κ2) is 9.69. The van der Waals surface area contributed by atoms with Gasteiger partial charge >= 0.3 is 5.97 Å². The highest BCUT2D eigenvalue weighted by Gasteiger charge is 2.24. The van der Waals surface area contributed by atoms with Crippen molar-refractivity contribution in [2.24, 2.45) is 5.92 Å². The highest BCUT2D eigenvalue weighted by molar-refractivity contribution is 5.76. The third kappa shape index (κ3) is 5.66. The summed E-state index contributed by atoms with van der Waals surface area (Å²) < 4.78 is 4.75. The normalized spacial score (nSPS) is 19.1. The summed E-state index contributed by atoms with van der Waals surface area (Å²) in [4.78, 5) is 34.6. The zero-order valence-corrected chi connectivity index (χ0v) is 16.2. The number of hydrogen-bond acceptors (Lipinski definition) is 6. The molecule has 1 amide bonds. The van der Waals surface area contributed by atoms with E-state index in [1.165, 1.54) is 12.8 Å². The van der Waals surface area contributed by atoms with E-state index in [9.17, 15) is 9.59 Å². The molecule has 1 aromatic heterocycles. The summed E-state index contributed by atoms with van der Waals surface area (Å²) in [5.41, 5.74) is 1.17. The second-order valence-electron chi connectivity index (χ2n) is 7.39. The van der Waals surface area contributed by atoms with Gasteiger partial charge in [0.1, 0.15) is 0 Å². The molecule has 0 saturated carbocycles. The molecule has 2 saturated heterocycles. The van der Waals surface area contributed by atoms with Crippen molar-refractivity contribution >= 4 is 17.6 Å². The molecular formula is C20H30N4O3. The zero-order chi connectivity index (χ0) is 19.1. The molecule has 0 atom stereocenters. The van der Waals surface area contributed by atoms with Crippen molar-refractivity contribution in [2.45, 2.75) is 25.7 Å². The standard InChI is InChI=1S/C20H30N4O3/c1-27-20(26)16-17-4-9-22(10-5-17)11-6-19(25)24-14-12-23(13-15-24)18-2-7-21-8-3-18/h2-3,7-8,17H,4-6,9-16H2,1H3. The molecule has 148 valence electrons. The van der Waals surface area contributed by atoms with Crippen molar-refractivity contribution in [2.75, 3.05) is 57.8 Å². The second-order valence-corrected chi connectivity index (χ2v) is 7.39. The lowest BCUT2D eigenvalue weighted by Gasteiger charge is -2.37. The molecule has 1 aromatic rings. The molecule has 3 rings (SSSR count). The maximum absolute atomic E-state index is 12.5. The molecule has 2 fully saturated rings. The average molecular weight is 374 g/mol. The molecule has 7 nitrogen and oxygen atoms in total. The van der Waals surface area contributed by atoms with Crippen molar-refractivity contribution < 1.29 is 14.3 Å². The lowest BCUT2D eigenvalue weighted by molar-refractivity contribution is -0.142. The highest BCUT2D eigenvalue weighted by atomic mass is 16.5. The number of carbonyl (C=O) groups is 2. The number of pyridine rings is 1. The minimum absolute atomic E-state index is 0.116. The first-order chi connectivity index (χ1) is 13.2. The topological polar surface area (TPSA) is 66.0 Å². The molecule has 0 N–H and O–H groups in total. The van der Waals surface area contributed by atoms with Gasteiger partial charge in [0.15, 0.2) is 0 Å². The number of amides is 1. The molecule has 0 bridgehead atoms. The van der Waals surface area contributed by atoms with Crippen LogP contribution in [0.4, 0.5) is 5.69 Å². The van der Waals surface area contributed by atoms with Crippen LogP contribution in [0.15, 0.2) is 24.5 Å². The number of methoxy groups -OCH3 is 1. The van der Waals surface area contributed by atoms with Gasteiger partial charge in [-0.1, -0.05) is 0 Å². The van der Waals surface area contributed by atoms with Crippen LogP contribution < -0.4 is 4.90 Å². The van der Waals surface area contributed by atoms with E-state index >= 15 is 0 Å². The Morgan fingerprint density at radius 1 is 1.07 bits per heavy atom. The van der Waals surface area contributed by atoms with Gasteiger partial charge in [-0.3, -0.25) is 14.6 Å². The Balaban J connectivity index is 1.34. The van der Waals surface area contributed by atoms with Gasteiger partial charge in [-0.15, -0.1) is 0 Å². The van der Waals surface area contributed by atoms with Crippen LogP contribution in [0.3, 0.4) is 0 Å². The van der Waals surface area contributed by atoms with Crippen LogP contribution in [-0.4, -0.2) is 79.6 Å². The monoisotopic (exact) mass is 374 g/mol. The maximum atomic E-state index is 12.5. The number of esters is 1. The molecule has 0 radical (unpaired) electrons.